The van der Waals surface area contributed by atoms with Crippen LogP contribution in [0.15, 0.2) is 29.2 Å². The molecule has 7 heteroatoms. The zero-order valence-corrected chi connectivity index (χ0v) is 12.1. The Morgan fingerprint density at radius 2 is 1.80 bits per heavy atom. The Morgan fingerprint density at radius 3 is 2.30 bits per heavy atom. The lowest BCUT2D eigenvalue weighted by atomic mass is 10.1. The highest BCUT2D eigenvalue weighted by Gasteiger charge is 2.29. The summed E-state index contributed by atoms with van der Waals surface area (Å²) in [4.78, 5) is 11.2. The maximum absolute atomic E-state index is 12.5. The summed E-state index contributed by atoms with van der Waals surface area (Å²) in [6, 6.07) is 5.61. The van der Waals surface area contributed by atoms with Crippen molar-refractivity contribution in [2.75, 3.05) is 20.3 Å². The molecule has 2 rings (SSSR count). The number of hydrogen-bond donors (Lipinski definition) is 1. The first-order valence-electron chi connectivity index (χ1n) is 6.38. The fraction of sp³-hybridized carbons (Fsp3) is 0.462. The topological polar surface area (TPSA) is 89.7 Å². The van der Waals surface area contributed by atoms with Crippen molar-refractivity contribution >= 4 is 15.9 Å². The van der Waals surface area contributed by atoms with Gasteiger partial charge in [-0.2, -0.15) is 4.31 Å². The molecule has 0 unspecified atom stereocenters. The number of sulfonamides is 1. The highest BCUT2D eigenvalue weighted by Crippen LogP contribution is 2.22. The highest BCUT2D eigenvalue weighted by atomic mass is 32.2. The van der Waals surface area contributed by atoms with Crippen molar-refractivity contribution in [3.8, 4) is 0 Å². The van der Waals surface area contributed by atoms with E-state index in [0.717, 1.165) is 0 Å². The summed E-state index contributed by atoms with van der Waals surface area (Å²) in [6.07, 6.45) is 1.38. The summed E-state index contributed by atoms with van der Waals surface area (Å²) in [7, 11) is -1.98. The molecule has 1 aromatic rings. The van der Waals surface area contributed by atoms with E-state index in [0.29, 0.717) is 26.1 Å². The van der Waals surface area contributed by atoms with Gasteiger partial charge in [-0.3, -0.25) is 4.79 Å². The first-order chi connectivity index (χ1) is 9.43. The maximum Gasteiger partial charge on any atom is 0.248 e. The molecule has 0 atom stereocenters. The summed E-state index contributed by atoms with van der Waals surface area (Å²) in [5, 5.41) is 0. The Labute approximate surface area is 118 Å². The van der Waals surface area contributed by atoms with Gasteiger partial charge in [-0.25, -0.2) is 8.42 Å². The third-order valence-corrected chi connectivity index (χ3v) is 5.45. The van der Waals surface area contributed by atoms with Gasteiger partial charge in [-0.15, -0.1) is 0 Å². The number of rotatable bonds is 4. The van der Waals surface area contributed by atoms with E-state index in [1.807, 2.05) is 0 Å². The molecule has 6 nitrogen and oxygen atoms in total. The lowest BCUT2D eigenvalue weighted by Gasteiger charge is -2.30. The number of hydrogen-bond acceptors (Lipinski definition) is 4. The summed E-state index contributed by atoms with van der Waals surface area (Å²) < 4.78 is 31.6. The van der Waals surface area contributed by atoms with E-state index >= 15 is 0 Å². The second-order valence-corrected chi connectivity index (χ2v) is 6.75. The van der Waals surface area contributed by atoms with Crippen LogP contribution < -0.4 is 5.73 Å². The van der Waals surface area contributed by atoms with E-state index in [1.165, 1.54) is 28.6 Å². The molecule has 1 aromatic carbocycles. The van der Waals surface area contributed by atoms with Crippen molar-refractivity contribution in [3.05, 3.63) is 29.8 Å². The van der Waals surface area contributed by atoms with Gasteiger partial charge in [-0.1, -0.05) is 0 Å². The average molecular weight is 298 g/mol. The monoisotopic (exact) mass is 298 g/mol. The van der Waals surface area contributed by atoms with E-state index in [9.17, 15) is 13.2 Å². The van der Waals surface area contributed by atoms with Gasteiger partial charge in [0.2, 0.25) is 15.9 Å². The lowest BCUT2D eigenvalue weighted by Crippen LogP contribution is -2.40. The van der Waals surface area contributed by atoms with Crippen molar-refractivity contribution in [1.29, 1.82) is 0 Å². The molecular weight excluding hydrogens is 280 g/mol. The van der Waals surface area contributed by atoms with Crippen molar-refractivity contribution in [1.82, 2.24) is 4.31 Å². The number of benzene rings is 1. The van der Waals surface area contributed by atoms with Crippen molar-refractivity contribution in [2.45, 2.75) is 23.8 Å². The maximum atomic E-state index is 12.5. The van der Waals surface area contributed by atoms with Gasteiger partial charge in [0, 0.05) is 31.9 Å². The van der Waals surface area contributed by atoms with Crippen molar-refractivity contribution < 1.29 is 17.9 Å². The second-order valence-electron chi connectivity index (χ2n) is 4.75. The predicted molar refractivity (Wildman–Crippen MR) is 73.7 cm³/mol. The molecule has 0 aliphatic carbocycles. The van der Waals surface area contributed by atoms with Gasteiger partial charge in [0.25, 0.3) is 0 Å². The summed E-state index contributed by atoms with van der Waals surface area (Å²) in [5.41, 5.74) is 5.43. The smallest absolute Gasteiger partial charge is 0.248 e. The molecule has 110 valence electrons. The van der Waals surface area contributed by atoms with Crippen LogP contribution in [0.4, 0.5) is 0 Å². The van der Waals surface area contributed by atoms with Crippen molar-refractivity contribution in [2.24, 2.45) is 5.73 Å². The Kier molecular flexibility index (Phi) is 4.42. The molecule has 1 fully saturated rings. The molecule has 1 saturated heterocycles. The van der Waals surface area contributed by atoms with Crippen LogP contribution >= 0.6 is 0 Å². The van der Waals surface area contributed by atoms with Crippen LogP contribution in [0.3, 0.4) is 0 Å². The quantitative estimate of drug-likeness (QED) is 0.880. The Hall–Kier alpha value is -1.44. The SMILES string of the molecule is CN(C1CCOCC1)S(=O)(=O)c1ccc(C(N)=O)cc1. The molecule has 1 aliphatic rings. The van der Waals surface area contributed by atoms with Crippen LogP contribution in [-0.2, 0) is 14.8 Å². The van der Waals surface area contributed by atoms with Gasteiger partial charge >= 0.3 is 0 Å². The van der Waals surface area contributed by atoms with Crippen LogP contribution in [0.2, 0.25) is 0 Å². The third kappa shape index (κ3) is 3.00. The number of nitrogens with two attached hydrogens (primary N) is 1. The standard InChI is InChI=1S/C13H18N2O4S/c1-15(11-6-8-19-9-7-11)20(17,18)12-4-2-10(3-5-12)13(14)16/h2-5,11H,6-9H2,1H3,(H2,14,16). The summed E-state index contributed by atoms with van der Waals surface area (Å²) in [5.74, 6) is -0.577. The minimum atomic E-state index is -3.56. The molecule has 0 spiro atoms. The van der Waals surface area contributed by atoms with E-state index in [-0.39, 0.29) is 16.5 Å². The van der Waals surface area contributed by atoms with E-state index in [1.54, 1.807) is 7.05 Å². The van der Waals surface area contributed by atoms with Crippen LogP contribution in [-0.4, -0.2) is 44.9 Å². The molecule has 0 aromatic heterocycles. The third-order valence-electron chi connectivity index (χ3n) is 3.52. The molecule has 0 saturated carbocycles. The number of amides is 1. The molecule has 1 heterocycles. The molecule has 2 N–H and O–H groups in total. The molecule has 1 amide bonds. The van der Waals surface area contributed by atoms with Gasteiger partial charge in [-0.05, 0) is 37.1 Å². The molecule has 1 aliphatic heterocycles. The van der Waals surface area contributed by atoms with E-state index < -0.39 is 15.9 Å². The first kappa shape index (κ1) is 15.0. The van der Waals surface area contributed by atoms with Gasteiger partial charge in [0.15, 0.2) is 0 Å². The first-order valence-corrected chi connectivity index (χ1v) is 7.82. The van der Waals surface area contributed by atoms with E-state index in [2.05, 4.69) is 0 Å². The van der Waals surface area contributed by atoms with Crippen LogP contribution in [0, 0.1) is 0 Å². The van der Waals surface area contributed by atoms with Gasteiger partial charge < -0.3 is 10.5 Å². The number of nitrogens with zero attached hydrogens (tertiary/aromatic N) is 1. The van der Waals surface area contributed by atoms with Gasteiger partial charge in [0.05, 0.1) is 4.90 Å². The number of carbonyl (C=O) groups excluding carboxylic acids is 1. The number of ether oxygens (including phenoxy) is 1. The number of primary amides is 1. The van der Waals surface area contributed by atoms with Crippen molar-refractivity contribution in [3.63, 3.8) is 0 Å². The largest absolute Gasteiger partial charge is 0.381 e. The Morgan fingerprint density at radius 1 is 1.25 bits per heavy atom. The summed E-state index contributed by atoms with van der Waals surface area (Å²) in [6.45, 7) is 1.15. The second kappa shape index (κ2) is 5.90. The molecule has 20 heavy (non-hydrogen) atoms. The molecular formula is C13H18N2O4S. The number of carbonyl (C=O) groups is 1. The highest BCUT2D eigenvalue weighted by molar-refractivity contribution is 7.89. The summed E-state index contributed by atoms with van der Waals surface area (Å²) >= 11 is 0. The molecule has 0 bridgehead atoms. The Balaban J connectivity index is 2.22. The average Bonchev–Trinajstić information content (AvgIpc) is 2.47. The normalized spacial score (nSPS) is 17.3. The fourth-order valence-corrected chi connectivity index (χ4v) is 3.62. The van der Waals surface area contributed by atoms with Crippen LogP contribution in [0.1, 0.15) is 23.2 Å². The fourth-order valence-electron chi connectivity index (χ4n) is 2.20. The van der Waals surface area contributed by atoms with Gasteiger partial charge in [0.1, 0.15) is 0 Å². The Bertz CT molecular complexity index is 577. The van der Waals surface area contributed by atoms with Crippen LogP contribution in [0.5, 0.6) is 0 Å². The van der Waals surface area contributed by atoms with E-state index in [4.69, 9.17) is 10.5 Å². The minimum Gasteiger partial charge on any atom is -0.381 e. The zero-order chi connectivity index (χ0) is 14.8. The van der Waals surface area contributed by atoms with Crippen LogP contribution in [0.25, 0.3) is 0 Å². The predicted octanol–water partition coefficient (Wildman–Crippen LogP) is 0.585. The minimum absolute atomic E-state index is 0.0513. The lowest BCUT2D eigenvalue weighted by molar-refractivity contribution is 0.0632. The molecule has 0 radical (unpaired) electrons. The zero-order valence-electron chi connectivity index (χ0n) is 11.3.